The molecule has 2 heteroatoms. The zero-order chi connectivity index (χ0) is 17.9. The maximum absolute atomic E-state index is 11.7. The van der Waals surface area contributed by atoms with Crippen molar-refractivity contribution >= 4 is 5.97 Å². The molecule has 1 aromatic carbocycles. The van der Waals surface area contributed by atoms with Crippen LogP contribution in [-0.4, -0.2) is 11.1 Å². The van der Waals surface area contributed by atoms with E-state index in [-0.39, 0.29) is 11.8 Å². The molecule has 1 aromatic rings. The number of carboxylic acid groups (broad SMARTS) is 1. The molecule has 2 aliphatic carbocycles. The molecule has 2 saturated carbocycles. The Kier molecular flexibility index (Phi) is 5.66. The summed E-state index contributed by atoms with van der Waals surface area (Å²) in [7, 11) is 0. The predicted octanol–water partition coefficient (Wildman–Crippen LogP) is 6.11. The number of hydrogen-bond acceptors (Lipinski definition) is 1. The Bertz CT molecular complexity index is 605. The van der Waals surface area contributed by atoms with E-state index in [9.17, 15) is 9.90 Å². The average molecular weight is 341 g/mol. The van der Waals surface area contributed by atoms with Gasteiger partial charge in [0, 0.05) is 5.92 Å². The van der Waals surface area contributed by atoms with Gasteiger partial charge in [-0.2, -0.15) is 0 Å². The molecule has 0 heterocycles. The van der Waals surface area contributed by atoms with Gasteiger partial charge in [-0.3, -0.25) is 4.79 Å². The minimum atomic E-state index is -0.672. The number of carboxylic acids is 1. The van der Waals surface area contributed by atoms with Crippen molar-refractivity contribution in [3.8, 4) is 0 Å². The quantitative estimate of drug-likeness (QED) is 0.580. The summed E-state index contributed by atoms with van der Waals surface area (Å²) < 4.78 is 0. The maximum atomic E-state index is 11.7. The van der Waals surface area contributed by atoms with E-state index in [4.69, 9.17) is 0 Å². The van der Waals surface area contributed by atoms with Crippen molar-refractivity contribution in [2.45, 2.75) is 71.1 Å². The number of allylic oxidation sites excluding steroid dienone is 2. The van der Waals surface area contributed by atoms with Crippen LogP contribution in [0.2, 0.25) is 0 Å². The molecule has 1 N–H and O–H groups in total. The van der Waals surface area contributed by atoms with E-state index >= 15 is 0 Å². The molecule has 2 atom stereocenters. The second kappa shape index (κ2) is 7.76. The molecule has 2 aliphatic rings. The number of aryl methyl sites for hydroxylation is 1. The van der Waals surface area contributed by atoms with E-state index in [1.165, 1.54) is 44.1 Å². The van der Waals surface area contributed by atoms with Crippen molar-refractivity contribution in [2.75, 3.05) is 0 Å². The summed E-state index contributed by atoms with van der Waals surface area (Å²) in [6.07, 6.45) is 14.4. The average Bonchev–Trinajstić information content (AvgIpc) is 3.19. The SMILES string of the molecule is CCC(C(=O)O)C(CC=CCC12CCC(CC1)C2)c1ccc(C)cc1. The van der Waals surface area contributed by atoms with Gasteiger partial charge in [0.05, 0.1) is 5.92 Å². The second-order valence-electron chi connectivity index (χ2n) is 8.43. The number of aliphatic carboxylic acids is 1. The first-order valence-electron chi connectivity index (χ1n) is 9.97. The number of fused-ring (bicyclic) bond motifs is 2. The Morgan fingerprint density at radius 1 is 1.24 bits per heavy atom. The van der Waals surface area contributed by atoms with Gasteiger partial charge in [0.1, 0.15) is 0 Å². The van der Waals surface area contributed by atoms with Gasteiger partial charge in [0.15, 0.2) is 0 Å². The summed E-state index contributed by atoms with van der Waals surface area (Å²) in [5.74, 6) is 0.0734. The van der Waals surface area contributed by atoms with Crippen LogP contribution >= 0.6 is 0 Å². The second-order valence-corrected chi connectivity index (χ2v) is 8.43. The van der Waals surface area contributed by atoms with Crippen molar-refractivity contribution < 1.29 is 9.90 Å². The van der Waals surface area contributed by atoms with Crippen LogP contribution in [0.4, 0.5) is 0 Å². The highest BCUT2D eigenvalue weighted by molar-refractivity contribution is 5.71. The van der Waals surface area contributed by atoms with Gasteiger partial charge in [-0.05, 0) is 75.2 Å². The van der Waals surface area contributed by atoms with Gasteiger partial charge < -0.3 is 5.11 Å². The third-order valence-corrected chi connectivity index (χ3v) is 6.74. The molecule has 3 rings (SSSR count). The Labute approximate surface area is 152 Å². The molecular formula is C23H32O2. The first kappa shape index (κ1) is 18.2. The molecule has 25 heavy (non-hydrogen) atoms. The summed E-state index contributed by atoms with van der Waals surface area (Å²) in [4.78, 5) is 11.7. The van der Waals surface area contributed by atoms with E-state index in [2.05, 4.69) is 43.3 Å². The topological polar surface area (TPSA) is 37.3 Å². The van der Waals surface area contributed by atoms with Crippen LogP contribution in [0.25, 0.3) is 0 Å². The fraction of sp³-hybridized carbons (Fsp3) is 0.609. The van der Waals surface area contributed by atoms with Crippen LogP contribution in [0.5, 0.6) is 0 Å². The standard InChI is InChI=1S/C23H32O2/c1-3-20(22(24)25)21(19-9-7-17(2)8-10-19)6-4-5-13-23-14-11-18(16-23)12-15-23/h4-5,7-10,18,20-21H,3,6,11-16H2,1-2H3,(H,24,25). The molecule has 2 bridgehead atoms. The van der Waals surface area contributed by atoms with Crippen LogP contribution in [0, 0.1) is 24.2 Å². The summed E-state index contributed by atoms with van der Waals surface area (Å²) >= 11 is 0. The van der Waals surface area contributed by atoms with E-state index < -0.39 is 5.97 Å². The highest BCUT2D eigenvalue weighted by Gasteiger charge is 2.43. The Balaban J connectivity index is 1.67. The molecule has 0 aromatic heterocycles. The van der Waals surface area contributed by atoms with Gasteiger partial charge in [-0.1, -0.05) is 48.9 Å². The first-order valence-corrected chi connectivity index (χ1v) is 9.97. The van der Waals surface area contributed by atoms with E-state index in [1.807, 2.05) is 6.92 Å². The summed E-state index contributed by atoms with van der Waals surface area (Å²) in [5.41, 5.74) is 2.96. The smallest absolute Gasteiger partial charge is 0.307 e. The number of benzene rings is 1. The van der Waals surface area contributed by atoms with Gasteiger partial charge in [0.25, 0.3) is 0 Å². The fourth-order valence-electron chi connectivity index (χ4n) is 5.15. The van der Waals surface area contributed by atoms with Gasteiger partial charge in [-0.25, -0.2) is 0 Å². The molecule has 0 spiro atoms. The predicted molar refractivity (Wildman–Crippen MR) is 103 cm³/mol. The van der Waals surface area contributed by atoms with Gasteiger partial charge >= 0.3 is 5.97 Å². The molecular weight excluding hydrogens is 308 g/mol. The lowest BCUT2D eigenvalue weighted by molar-refractivity contribution is -0.142. The van der Waals surface area contributed by atoms with Crippen LogP contribution in [0.3, 0.4) is 0 Å². The summed E-state index contributed by atoms with van der Waals surface area (Å²) in [5, 5.41) is 9.65. The molecule has 0 aliphatic heterocycles. The lowest BCUT2D eigenvalue weighted by atomic mass is 9.79. The summed E-state index contributed by atoms with van der Waals surface area (Å²) in [6, 6.07) is 8.40. The molecule has 136 valence electrons. The van der Waals surface area contributed by atoms with Crippen molar-refractivity contribution in [2.24, 2.45) is 17.3 Å². The first-order chi connectivity index (χ1) is 12.0. The minimum Gasteiger partial charge on any atom is -0.481 e. The Morgan fingerprint density at radius 2 is 1.92 bits per heavy atom. The third kappa shape index (κ3) is 4.16. The molecule has 2 nitrogen and oxygen atoms in total. The van der Waals surface area contributed by atoms with E-state index in [0.29, 0.717) is 11.8 Å². The molecule has 0 radical (unpaired) electrons. The largest absolute Gasteiger partial charge is 0.481 e. The van der Waals surface area contributed by atoms with E-state index in [0.717, 1.165) is 17.9 Å². The Hall–Kier alpha value is -1.57. The normalized spacial score (nSPS) is 27.7. The van der Waals surface area contributed by atoms with Gasteiger partial charge in [-0.15, -0.1) is 0 Å². The molecule has 2 unspecified atom stereocenters. The van der Waals surface area contributed by atoms with Crippen molar-refractivity contribution in [3.63, 3.8) is 0 Å². The molecule has 2 fully saturated rings. The Morgan fingerprint density at radius 3 is 2.44 bits per heavy atom. The van der Waals surface area contributed by atoms with Crippen molar-refractivity contribution in [1.29, 1.82) is 0 Å². The fourth-order valence-corrected chi connectivity index (χ4v) is 5.15. The maximum Gasteiger partial charge on any atom is 0.307 e. The van der Waals surface area contributed by atoms with Gasteiger partial charge in [0.2, 0.25) is 0 Å². The van der Waals surface area contributed by atoms with E-state index in [1.54, 1.807) is 0 Å². The monoisotopic (exact) mass is 340 g/mol. The van der Waals surface area contributed by atoms with Crippen molar-refractivity contribution in [3.05, 3.63) is 47.5 Å². The number of carbonyl (C=O) groups is 1. The van der Waals surface area contributed by atoms with Crippen LogP contribution in [0.15, 0.2) is 36.4 Å². The van der Waals surface area contributed by atoms with Crippen LogP contribution < -0.4 is 0 Å². The number of hydrogen-bond donors (Lipinski definition) is 1. The van der Waals surface area contributed by atoms with Crippen molar-refractivity contribution in [1.82, 2.24) is 0 Å². The van der Waals surface area contributed by atoms with Crippen LogP contribution in [-0.2, 0) is 4.79 Å². The highest BCUT2D eigenvalue weighted by atomic mass is 16.4. The molecule has 0 saturated heterocycles. The number of rotatable bonds is 8. The lowest BCUT2D eigenvalue weighted by Gasteiger charge is -2.25. The third-order valence-electron chi connectivity index (χ3n) is 6.74. The highest BCUT2D eigenvalue weighted by Crippen LogP contribution is 2.56. The summed E-state index contributed by atoms with van der Waals surface area (Å²) in [6.45, 7) is 4.06. The molecule has 0 amide bonds. The zero-order valence-electron chi connectivity index (χ0n) is 15.7. The lowest BCUT2D eigenvalue weighted by Crippen LogP contribution is -2.21. The van der Waals surface area contributed by atoms with Crippen LogP contribution in [0.1, 0.15) is 75.3 Å². The minimum absolute atomic E-state index is 0.0664. The zero-order valence-corrected chi connectivity index (χ0v) is 15.7.